The molecule has 1 N–H and O–H groups in total. The van der Waals surface area contributed by atoms with Crippen LogP contribution in [0.15, 0.2) is 47.7 Å². The molecule has 7 heteroatoms. The lowest BCUT2D eigenvalue weighted by Gasteiger charge is -2.35. The van der Waals surface area contributed by atoms with E-state index in [2.05, 4.69) is 45.7 Å². The number of amides is 1. The number of piperazine rings is 1. The number of rotatable bonds is 7. The van der Waals surface area contributed by atoms with Gasteiger partial charge in [-0.3, -0.25) is 14.5 Å². The first kappa shape index (κ1) is 19.9. The average molecular weight is 383 g/mol. The maximum Gasteiger partial charge on any atom is 0.246 e. The third-order valence-corrected chi connectivity index (χ3v) is 5.00. The van der Waals surface area contributed by atoms with Crippen molar-refractivity contribution in [2.24, 2.45) is 12.0 Å². The molecule has 1 aromatic carbocycles. The number of nitrogens with zero attached hydrogens (tertiary/aromatic N) is 5. The van der Waals surface area contributed by atoms with Crippen LogP contribution in [0.2, 0.25) is 0 Å². The van der Waals surface area contributed by atoms with Gasteiger partial charge in [-0.15, -0.1) is 0 Å². The minimum absolute atomic E-state index is 0.0741. The number of hydrogen-bond donors (Lipinski definition) is 1. The van der Waals surface area contributed by atoms with Crippen molar-refractivity contribution in [1.29, 1.82) is 0 Å². The van der Waals surface area contributed by atoms with Gasteiger partial charge in [0, 0.05) is 39.9 Å². The first-order chi connectivity index (χ1) is 13.7. The van der Waals surface area contributed by atoms with Crippen LogP contribution in [0, 0.1) is 0 Å². The zero-order chi connectivity index (χ0) is 19.8. The molecule has 1 saturated heterocycles. The molecular weight excluding hydrogens is 352 g/mol. The third-order valence-electron chi connectivity index (χ3n) is 5.00. The molecular formula is C21H30N6O. The van der Waals surface area contributed by atoms with Crippen molar-refractivity contribution in [1.82, 2.24) is 20.0 Å². The molecule has 1 amide bonds. The normalized spacial score (nSPS) is 15.2. The van der Waals surface area contributed by atoms with Gasteiger partial charge in [0.25, 0.3) is 0 Å². The Kier molecular flexibility index (Phi) is 7.06. The van der Waals surface area contributed by atoms with E-state index in [0.717, 1.165) is 37.6 Å². The second kappa shape index (κ2) is 9.92. The van der Waals surface area contributed by atoms with Gasteiger partial charge in [0.1, 0.15) is 6.54 Å². The smallest absolute Gasteiger partial charge is 0.246 e. The first-order valence-electron chi connectivity index (χ1n) is 9.96. The minimum atomic E-state index is 0.0741. The van der Waals surface area contributed by atoms with Gasteiger partial charge in [-0.1, -0.05) is 36.8 Å². The van der Waals surface area contributed by atoms with Gasteiger partial charge >= 0.3 is 0 Å². The summed E-state index contributed by atoms with van der Waals surface area (Å²) in [4.78, 5) is 20.7. The van der Waals surface area contributed by atoms with Gasteiger partial charge in [0.2, 0.25) is 5.91 Å². The van der Waals surface area contributed by atoms with Gasteiger partial charge < -0.3 is 15.1 Å². The van der Waals surface area contributed by atoms with Crippen LogP contribution < -0.4 is 10.2 Å². The summed E-state index contributed by atoms with van der Waals surface area (Å²) < 4.78 is 1.72. The number of carbonyl (C=O) groups excluding carboxylic acids is 1. The summed E-state index contributed by atoms with van der Waals surface area (Å²) >= 11 is 0. The van der Waals surface area contributed by atoms with Crippen molar-refractivity contribution >= 4 is 17.6 Å². The quantitative estimate of drug-likeness (QED) is 0.452. The van der Waals surface area contributed by atoms with Crippen LogP contribution >= 0.6 is 0 Å². The number of anilines is 1. The number of hydrogen-bond acceptors (Lipinski definition) is 3. The molecule has 2 aromatic rings. The molecule has 150 valence electrons. The van der Waals surface area contributed by atoms with E-state index in [1.165, 1.54) is 18.4 Å². The molecule has 0 saturated carbocycles. The maximum atomic E-state index is 12.5. The minimum Gasteiger partial charge on any atom is -0.356 e. The molecule has 2 heterocycles. The molecule has 1 aliphatic heterocycles. The van der Waals surface area contributed by atoms with Crippen LogP contribution in [-0.2, 0) is 18.3 Å². The second-order valence-electron chi connectivity index (χ2n) is 7.11. The summed E-state index contributed by atoms with van der Waals surface area (Å²) in [5, 5.41) is 7.56. The average Bonchev–Trinajstić information content (AvgIpc) is 3.14. The van der Waals surface area contributed by atoms with Gasteiger partial charge in [-0.25, -0.2) is 0 Å². The second-order valence-corrected chi connectivity index (χ2v) is 7.11. The Labute approximate surface area is 167 Å². The Hall–Kier alpha value is -2.83. The Balaban J connectivity index is 1.38. The molecule has 0 unspecified atom stereocenters. The number of aryl methyl sites for hydroxylation is 2. The van der Waals surface area contributed by atoms with Crippen molar-refractivity contribution in [2.75, 3.05) is 38.1 Å². The van der Waals surface area contributed by atoms with Gasteiger partial charge in [0.05, 0.1) is 11.9 Å². The summed E-state index contributed by atoms with van der Waals surface area (Å²) in [5.41, 5.74) is 2.25. The lowest BCUT2D eigenvalue weighted by atomic mass is 10.1. The number of benzene rings is 1. The highest BCUT2D eigenvalue weighted by molar-refractivity contribution is 5.98. The number of carbonyl (C=O) groups is 1. The van der Waals surface area contributed by atoms with E-state index >= 15 is 0 Å². The highest BCUT2D eigenvalue weighted by Crippen LogP contribution is 2.16. The molecule has 0 spiro atoms. The van der Waals surface area contributed by atoms with Gasteiger partial charge in [-0.05, 0) is 24.8 Å². The summed E-state index contributed by atoms with van der Waals surface area (Å²) in [6, 6.07) is 10.6. The van der Waals surface area contributed by atoms with Gasteiger partial charge in [0.15, 0.2) is 5.96 Å². The standard InChI is InChI=1S/C21H30N6O/c1-22-21(23-12-8-4-7-11-18-9-5-3-6-10-18)26-13-14-27(20(28)17-26)19-15-24-25(2)16-19/h3,5-6,9-10,15-16H,4,7-8,11-14,17H2,1-2H3,(H,22,23). The highest BCUT2D eigenvalue weighted by Gasteiger charge is 2.27. The SMILES string of the molecule is CN=C(NCCCCCc1ccccc1)N1CCN(c2cnn(C)c2)C(=O)C1. The summed E-state index contributed by atoms with van der Waals surface area (Å²) in [6.07, 6.45) is 8.18. The Morgan fingerprint density at radius 2 is 2.00 bits per heavy atom. The predicted octanol–water partition coefficient (Wildman–Crippen LogP) is 2.06. The van der Waals surface area contributed by atoms with E-state index in [4.69, 9.17) is 0 Å². The number of aromatic nitrogens is 2. The van der Waals surface area contributed by atoms with Crippen LogP contribution in [0.5, 0.6) is 0 Å². The monoisotopic (exact) mass is 382 g/mol. The number of unbranched alkanes of at least 4 members (excludes halogenated alkanes) is 2. The molecule has 0 radical (unpaired) electrons. The fourth-order valence-corrected chi connectivity index (χ4v) is 3.48. The molecule has 0 bridgehead atoms. The molecule has 1 aliphatic rings. The fraction of sp³-hybridized carbons (Fsp3) is 0.476. The van der Waals surface area contributed by atoms with Crippen LogP contribution in [0.1, 0.15) is 24.8 Å². The van der Waals surface area contributed by atoms with E-state index in [1.807, 2.05) is 18.1 Å². The van der Waals surface area contributed by atoms with Crippen molar-refractivity contribution in [3.05, 3.63) is 48.3 Å². The summed E-state index contributed by atoms with van der Waals surface area (Å²) in [5.74, 6) is 0.882. The van der Waals surface area contributed by atoms with Crippen molar-refractivity contribution in [2.45, 2.75) is 25.7 Å². The van der Waals surface area contributed by atoms with Crippen molar-refractivity contribution in [3.8, 4) is 0 Å². The topological polar surface area (TPSA) is 65.8 Å². The first-order valence-corrected chi connectivity index (χ1v) is 9.96. The number of guanidine groups is 1. The molecule has 7 nitrogen and oxygen atoms in total. The summed E-state index contributed by atoms with van der Waals surface area (Å²) in [7, 11) is 3.63. The van der Waals surface area contributed by atoms with E-state index < -0.39 is 0 Å². The molecule has 1 aromatic heterocycles. The van der Waals surface area contributed by atoms with E-state index in [0.29, 0.717) is 13.1 Å². The lowest BCUT2D eigenvalue weighted by Crippen LogP contribution is -2.55. The van der Waals surface area contributed by atoms with E-state index in [9.17, 15) is 4.79 Å². The van der Waals surface area contributed by atoms with E-state index in [1.54, 1.807) is 22.8 Å². The predicted molar refractivity (Wildman–Crippen MR) is 112 cm³/mol. The third kappa shape index (κ3) is 5.34. The van der Waals surface area contributed by atoms with Crippen LogP contribution in [0.25, 0.3) is 0 Å². The van der Waals surface area contributed by atoms with Crippen LogP contribution in [0.4, 0.5) is 5.69 Å². The molecule has 3 rings (SSSR count). The zero-order valence-electron chi connectivity index (χ0n) is 16.8. The Morgan fingerprint density at radius 1 is 1.18 bits per heavy atom. The van der Waals surface area contributed by atoms with Crippen LogP contribution in [0.3, 0.4) is 0 Å². The lowest BCUT2D eigenvalue weighted by molar-refractivity contribution is -0.120. The van der Waals surface area contributed by atoms with Crippen LogP contribution in [-0.4, -0.2) is 59.8 Å². The van der Waals surface area contributed by atoms with Gasteiger partial charge in [-0.2, -0.15) is 5.10 Å². The Morgan fingerprint density at radius 3 is 2.68 bits per heavy atom. The maximum absolute atomic E-state index is 12.5. The van der Waals surface area contributed by atoms with Crippen molar-refractivity contribution < 1.29 is 4.79 Å². The van der Waals surface area contributed by atoms with E-state index in [-0.39, 0.29) is 5.91 Å². The summed E-state index contributed by atoms with van der Waals surface area (Å²) in [6.45, 7) is 2.61. The Bertz CT molecular complexity index is 785. The zero-order valence-corrected chi connectivity index (χ0v) is 16.8. The molecule has 0 aliphatic carbocycles. The number of aliphatic imine (C=N–C) groups is 1. The fourth-order valence-electron chi connectivity index (χ4n) is 3.48. The highest BCUT2D eigenvalue weighted by atomic mass is 16.2. The largest absolute Gasteiger partial charge is 0.356 e. The van der Waals surface area contributed by atoms with Crippen molar-refractivity contribution in [3.63, 3.8) is 0 Å². The molecule has 1 fully saturated rings. The number of nitrogens with one attached hydrogen (secondary N) is 1. The molecule has 28 heavy (non-hydrogen) atoms. The molecule has 0 atom stereocenters.